The second-order valence-corrected chi connectivity index (χ2v) is 3.45. The molecule has 0 saturated carbocycles. The number of rotatable bonds is 3. The fraction of sp³-hybridized carbons (Fsp3) is 0.750. The second kappa shape index (κ2) is 4.80. The van der Waals surface area contributed by atoms with Crippen LogP contribution in [0, 0.1) is 0 Å². The number of likely N-dealkylation sites (tertiary alicyclic amines) is 1. The maximum atomic E-state index is 10.5. The van der Waals surface area contributed by atoms with Crippen LogP contribution >= 0.6 is 0 Å². The molecule has 0 spiro atoms. The molecule has 14 heavy (non-hydrogen) atoms. The van der Waals surface area contributed by atoms with Crippen LogP contribution < -0.4 is 11.1 Å². The minimum Gasteiger partial charge on any atom is -0.480 e. The molecule has 0 aromatic rings. The number of aliphatic carboxylic acids is 1. The number of carbonyl (C=O) groups excluding carboxylic acids is 1. The Morgan fingerprint density at radius 3 is 2.43 bits per heavy atom. The molecule has 1 fully saturated rings. The molecule has 0 radical (unpaired) electrons. The standard InChI is InChI=1S/C8H15N3O3/c9-8(14)10-6-1-3-11(4-2-6)5-7(12)13/h6H,1-5H2,(H,12,13)(H3,9,10,14). The number of hydrogen-bond acceptors (Lipinski definition) is 3. The van der Waals surface area contributed by atoms with E-state index < -0.39 is 12.0 Å². The van der Waals surface area contributed by atoms with Gasteiger partial charge in [-0.1, -0.05) is 0 Å². The fourth-order valence-corrected chi connectivity index (χ4v) is 1.63. The Balaban J connectivity index is 2.24. The lowest BCUT2D eigenvalue weighted by atomic mass is 10.1. The van der Waals surface area contributed by atoms with Crippen LogP contribution in [0.15, 0.2) is 0 Å². The number of primary amides is 1. The smallest absolute Gasteiger partial charge is 0.317 e. The summed E-state index contributed by atoms with van der Waals surface area (Å²) < 4.78 is 0. The summed E-state index contributed by atoms with van der Waals surface area (Å²) in [6, 6.07) is -0.417. The Morgan fingerprint density at radius 2 is 2.00 bits per heavy atom. The van der Waals surface area contributed by atoms with E-state index in [4.69, 9.17) is 10.8 Å². The summed E-state index contributed by atoms with van der Waals surface area (Å²) in [5.41, 5.74) is 4.98. The first kappa shape index (κ1) is 10.8. The molecule has 80 valence electrons. The van der Waals surface area contributed by atoms with E-state index in [9.17, 15) is 9.59 Å². The van der Waals surface area contributed by atoms with Crippen molar-refractivity contribution in [3.05, 3.63) is 0 Å². The molecule has 1 aliphatic heterocycles. The monoisotopic (exact) mass is 201 g/mol. The quantitative estimate of drug-likeness (QED) is 0.557. The van der Waals surface area contributed by atoms with E-state index in [1.54, 1.807) is 0 Å². The van der Waals surface area contributed by atoms with Gasteiger partial charge in [-0.15, -0.1) is 0 Å². The lowest BCUT2D eigenvalue weighted by Gasteiger charge is -2.30. The molecule has 0 aliphatic carbocycles. The summed E-state index contributed by atoms with van der Waals surface area (Å²) in [7, 11) is 0. The highest BCUT2D eigenvalue weighted by atomic mass is 16.4. The third-order valence-corrected chi connectivity index (χ3v) is 2.29. The molecule has 6 heteroatoms. The van der Waals surface area contributed by atoms with E-state index in [1.165, 1.54) is 0 Å². The first-order chi connectivity index (χ1) is 6.58. The van der Waals surface area contributed by atoms with Gasteiger partial charge in [0.2, 0.25) is 0 Å². The summed E-state index contributed by atoms with van der Waals surface area (Å²) in [5, 5.41) is 11.2. The molecule has 6 nitrogen and oxygen atoms in total. The normalized spacial score (nSPS) is 19.1. The van der Waals surface area contributed by atoms with Crippen molar-refractivity contribution in [2.45, 2.75) is 18.9 Å². The highest BCUT2D eigenvalue weighted by Gasteiger charge is 2.20. The molecule has 1 saturated heterocycles. The highest BCUT2D eigenvalue weighted by Crippen LogP contribution is 2.09. The number of nitrogens with zero attached hydrogens (tertiary/aromatic N) is 1. The van der Waals surface area contributed by atoms with Crippen molar-refractivity contribution in [3.8, 4) is 0 Å². The molecular weight excluding hydrogens is 186 g/mol. The molecule has 1 aliphatic rings. The Morgan fingerprint density at radius 1 is 1.43 bits per heavy atom. The van der Waals surface area contributed by atoms with E-state index in [2.05, 4.69) is 5.32 Å². The molecule has 0 aromatic heterocycles. The van der Waals surface area contributed by atoms with Gasteiger partial charge in [-0.25, -0.2) is 4.79 Å². The summed E-state index contributed by atoms with van der Waals surface area (Å²) in [6.07, 6.45) is 1.52. The number of carboxylic acids is 1. The molecule has 0 aromatic carbocycles. The third kappa shape index (κ3) is 3.61. The van der Waals surface area contributed by atoms with Gasteiger partial charge < -0.3 is 16.2 Å². The first-order valence-corrected chi connectivity index (χ1v) is 4.58. The van der Waals surface area contributed by atoms with Gasteiger partial charge in [-0.3, -0.25) is 9.69 Å². The summed E-state index contributed by atoms with van der Waals surface area (Å²) in [5.74, 6) is -0.814. The van der Waals surface area contributed by atoms with E-state index >= 15 is 0 Å². The second-order valence-electron chi connectivity index (χ2n) is 3.45. The van der Waals surface area contributed by atoms with E-state index in [0.717, 1.165) is 12.8 Å². The topological polar surface area (TPSA) is 95.7 Å². The number of hydrogen-bond donors (Lipinski definition) is 3. The number of amides is 2. The van der Waals surface area contributed by atoms with E-state index in [0.29, 0.717) is 13.1 Å². The van der Waals surface area contributed by atoms with Crippen molar-refractivity contribution < 1.29 is 14.7 Å². The van der Waals surface area contributed by atoms with E-state index in [1.807, 2.05) is 4.90 Å². The van der Waals surface area contributed by atoms with Gasteiger partial charge in [-0.05, 0) is 12.8 Å². The molecule has 1 rings (SSSR count). The molecule has 4 N–H and O–H groups in total. The van der Waals surface area contributed by atoms with Crippen molar-refractivity contribution in [3.63, 3.8) is 0 Å². The van der Waals surface area contributed by atoms with Crippen LogP contribution in [-0.2, 0) is 4.79 Å². The molecule has 0 atom stereocenters. The highest BCUT2D eigenvalue weighted by molar-refractivity contribution is 5.72. The largest absolute Gasteiger partial charge is 0.480 e. The zero-order valence-corrected chi connectivity index (χ0v) is 7.90. The van der Waals surface area contributed by atoms with Crippen molar-refractivity contribution in [2.24, 2.45) is 5.73 Å². The maximum Gasteiger partial charge on any atom is 0.317 e. The SMILES string of the molecule is NC(=O)NC1CCN(CC(=O)O)CC1. The van der Waals surface area contributed by atoms with Gasteiger partial charge in [-0.2, -0.15) is 0 Å². The van der Waals surface area contributed by atoms with Crippen LogP contribution in [0.5, 0.6) is 0 Å². The molecule has 0 bridgehead atoms. The number of urea groups is 1. The van der Waals surface area contributed by atoms with Gasteiger partial charge in [0.25, 0.3) is 0 Å². The Labute approximate surface area is 82.1 Å². The van der Waals surface area contributed by atoms with Crippen LogP contribution in [0.3, 0.4) is 0 Å². The number of carbonyl (C=O) groups is 2. The van der Waals surface area contributed by atoms with Gasteiger partial charge in [0.1, 0.15) is 0 Å². The van der Waals surface area contributed by atoms with Gasteiger partial charge >= 0.3 is 12.0 Å². The van der Waals surface area contributed by atoms with Crippen molar-refractivity contribution in [2.75, 3.05) is 19.6 Å². The van der Waals surface area contributed by atoms with Gasteiger partial charge in [0, 0.05) is 19.1 Å². The number of piperidine rings is 1. The van der Waals surface area contributed by atoms with Crippen LogP contribution in [0.4, 0.5) is 4.79 Å². The number of nitrogens with one attached hydrogen (secondary N) is 1. The lowest BCUT2D eigenvalue weighted by molar-refractivity contribution is -0.138. The summed E-state index contributed by atoms with van der Waals surface area (Å²) in [6.45, 7) is 1.46. The minimum atomic E-state index is -0.814. The van der Waals surface area contributed by atoms with Crippen molar-refractivity contribution >= 4 is 12.0 Å². The molecule has 2 amide bonds. The van der Waals surface area contributed by atoms with E-state index in [-0.39, 0.29) is 12.6 Å². The maximum absolute atomic E-state index is 10.5. The number of nitrogens with two attached hydrogens (primary N) is 1. The summed E-state index contributed by atoms with van der Waals surface area (Å²) in [4.78, 5) is 22.8. The van der Waals surface area contributed by atoms with Crippen LogP contribution in [0.25, 0.3) is 0 Å². The lowest BCUT2D eigenvalue weighted by Crippen LogP contribution is -2.47. The fourth-order valence-electron chi connectivity index (χ4n) is 1.63. The zero-order chi connectivity index (χ0) is 10.6. The minimum absolute atomic E-state index is 0.0727. The Bertz CT molecular complexity index is 200. The first-order valence-electron chi connectivity index (χ1n) is 4.58. The van der Waals surface area contributed by atoms with Crippen molar-refractivity contribution in [1.29, 1.82) is 0 Å². The third-order valence-electron chi connectivity index (χ3n) is 2.29. The zero-order valence-electron chi connectivity index (χ0n) is 7.90. The average molecular weight is 201 g/mol. The molecular formula is C8H15N3O3. The van der Waals surface area contributed by atoms with Crippen LogP contribution in [0.1, 0.15) is 12.8 Å². The predicted octanol–water partition coefficient (Wildman–Crippen LogP) is -0.796. The van der Waals surface area contributed by atoms with Crippen LogP contribution in [0.2, 0.25) is 0 Å². The van der Waals surface area contributed by atoms with Gasteiger partial charge in [0.15, 0.2) is 0 Å². The molecule has 1 heterocycles. The van der Waals surface area contributed by atoms with Crippen molar-refractivity contribution in [1.82, 2.24) is 10.2 Å². The average Bonchev–Trinajstić information content (AvgIpc) is 2.06. The molecule has 0 unspecified atom stereocenters. The number of carboxylic acid groups (broad SMARTS) is 1. The summed E-state index contributed by atoms with van der Waals surface area (Å²) >= 11 is 0. The Kier molecular flexibility index (Phi) is 3.70. The van der Waals surface area contributed by atoms with Crippen LogP contribution in [-0.4, -0.2) is 47.7 Å². The predicted molar refractivity (Wildman–Crippen MR) is 49.8 cm³/mol. The van der Waals surface area contributed by atoms with Gasteiger partial charge in [0.05, 0.1) is 6.54 Å². The Hall–Kier alpha value is -1.30.